The molecular weight excluding hydrogens is 359 g/mol. The standard InChI is InChI=1S/C15H14F3N3O3S/c1-9(22)20-4-6-21(7-5-20)12-3-2-10(25-12)8-11-13(15(16,17)18)19-24-14(11)23/h2-3,8H,4-7H2,1H3. The van der Waals surface area contributed by atoms with Gasteiger partial charge in [0.1, 0.15) is 0 Å². The number of oxime groups is 1. The van der Waals surface area contributed by atoms with Crippen LogP contribution >= 0.6 is 11.3 Å². The lowest BCUT2D eigenvalue weighted by molar-refractivity contribution is -0.136. The van der Waals surface area contributed by atoms with E-state index in [1.165, 1.54) is 18.3 Å². The van der Waals surface area contributed by atoms with Crippen LogP contribution in [0.15, 0.2) is 22.9 Å². The lowest BCUT2D eigenvalue weighted by atomic mass is 10.1. The fourth-order valence-electron chi connectivity index (χ4n) is 2.59. The average Bonchev–Trinajstić information content (AvgIpc) is 3.15. The van der Waals surface area contributed by atoms with Crippen LogP contribution in [-0.4, -0.2) is 54.8 Å². The Morgan fingerprint density at radius 2 is 1.96 bits per heavy atom. The Hall–Kier alpha value is -2.36. The molecule has 1 saturated heterocycles. The number of anilines is 1. The van der Waals surface area contributed by atoms with Crippen molar-refractivity contribution in [2.45, 2.75) is 13.1 Å². The van der Waals surface area contributed by atoms with Crippen molar-refractivity contribution in [3.8, 4) is 0 Å². The fourth-order valence-corrected chi connectivity index (χ4v) is 3.59. The Balaban J connectivity index is 1.75. The van der Waals surface area contributed by atoms with Gasteiger partial charge in [-0.3, -0.25) is 4.79 Å². The van der Waals surface area contributed by atoms with Gasteiger partial charge in [0.2, 0.25) is 5.91 Å². The number of nitrogens with zero attached hydrogens (tertiary/aromatic N) is 3. The molecule has 0 N–H and O–H groups in total. The van der Waals surface area contributed by atoms with Gasteiger partial charge in [0.15, 0.2) is 5.71 Å². The average molecular weight is 373 g/mol. The largest absolute Gasteiger partial charge is 0.437 e. The maximum absolute atomic E-state index is 12.8. The van der Waals surface area contributed by atoms with E-state index in [1.807, 2.05) is 0 Å². The lowest BCUT2D eigenvalue weighted by Gasteiger charge is -2.34. The second kappa shape index (κ2) is 6.51. The smallest absolute Gasteiger partial charge is 0.360 e. The van der Waals surface area contributed by atoms with Crippen molar-refractivity contribution in [2.24, 2.45) is 5.16 Å². The number of hydrogen-bond donors (Lipinski definition) is 0. The van der Waals surface area contributed by atoms with Crippen molar-refractivity contribution < 1.29 is 27.6 Å². The Labute approximate surface area is 145 Å². The molecule has 25 heavy (non-hydrogen) atoms. The Morgan fingerprint density at radius 1 is 1.28 bits per heavy atom. The highest BCUT2D eigenvalue weighted by molar-refractivity contribution is 7.17. The summed E-state index contributed by atoms with van der Waals surface area (Å²) in [7, 11) is 0. The van der Waals surface area contributed by atoms with E-state index in [1.54, 1.807) is 17.0 Å². The number of carbonyl (C=O) groups is 2. The minimum Gasteiger partial charge on any atom is -0.360 e. The highest BCUT2D eigenvalue weighted by atomic mass is 32.1. The predicted octanol–water partition coefficient (Wildman–Crippen LogP) is 2.28. The SMILES string of the molecule is CC(=O)N1CCN(c2ccc(C=C3C(=O)ON=C3C(F)(F)F)s2)CC1. The number of carbonyl (C=O) groups excluding carboxylic acids is 2. The number of halogens is 3. The van der Waals surface area contributed by atoms with Gasteiger partial charge in [-0.25, -0.2) is 4.79 Å². The van der Waals surface area contributed by atoms with Crippen LogP contribution in [0.25, 0.3) is 6.08 Å². The van der Waals surface area contributed by atoms with Crippen LogP contribution in [0.4, 0.5) is 18.2 Å². The number of amides is 1. The first-order valence-corrected chi connectivity index (χ1v) is 8.26. The zero-order valence-corrected chi connectivity index (χ0v) is 14.0. The minimum absolute atomic E-state index is 0.0231. The molecule has 0 spiro atoms. The number of hydrogen-bond acceptors (Lipinski definition) is 6. The molecule has 134 valence electrons. The van der Waals surface area contributed by atoms with Crippen LogP contribution < -0.4 is 4.90 Å². The van der Waals surface area contributed by atoms with Crippen LogP contribution in [0, 0.1) is 0 Å². The summed E-state index contributed by atoms with van der Waals surface area (Å²) in [5, 5.41) is 3.69. The first-order chi connectivity index (χ1) is 11.8. The molecule has 2 aliphatic rings. The van der Waals surface area contributed by atoms with E-state index in [4.69, 9.17) is 0 Å². The summed E-state index contributed by atoms with van der Waals surface area (Å²) < 4.78 is 38.5. The normalized spacial score (nSPS) is 20.1. The molecule has 0 atom stereocenters. The third-order valence-corrected chi connectivity index (χ3v) is 4.99. The third kappa shape index (κ3) is 3.68. The summed E-state index contributed by atoms with van der Waals surface area (Å²) >= 11 is 1.27. The number of rotatable bonds is 2. The molecule has 3 heterocycles. The van der Waals surface area contributed by atoms with Crippen LogP contribution in [-0.2, 0) is 14.4 Å². The molecule has 0 aliphatic carbocycles. The molecular formula is C15H14F3N3O3S. The van der Waals surface area contributed by atoms with Gasteiger partial charge in [-0.2, -0.15) is 13.2 Å². The quantitative estimate of drug-likeness (QED) is 0.589. The van der Waals surface area contributed by atoms with Crippen LogP contribution in [0.2, 0.25) is 0 Å². The molecule has 0 unspecified atom stereocenters. The number of alkyl halides is 3. The lowest BCUT2D eigenvalue weighted by Crippen LogP contribution is -2.47. The molecule has 0 aromatic carbocycles. The van der Waals surface area contributed by atoms with E-state index in [0.29, 0.717) is 31.1 Å². The maximum atomic E-state index is 12.8. The first-order valence-electron chi connectivity index (χ1n) is 7.44. The summed E-state index contributed by atoms with van der Waals surface area (Å²) in [6.07, 6.45) is -3.61. The minimum atomic E-state index is -4.75. The van der Waals surface area contributed by atoms with Crippen molar-refractivity contribution in [3.05, 3.63) is 22.6 Å². The predicted molar refractivity (Wildman–Crippen MR) is 86.3 cm³/mol. The Kier molecular flexibility index (Phi) is 4.55. The number of thiophene rings is 1. The van der Waals surface area contributed by atoms with Crippen LogP contribution in [0.5, 0.6) is 0 Å². The molecule has 1 amide bonds. The second-order valence-corrected chi connectivity index (χ2v) is 6.64. The van der Waals surface area contributed by atoms with Crippen molar-refractivity contribution in [1.29, 1.82) is 0 Å². The van der Waals surface area contributed by atoms with E-state index in [9.17, 15) is 22.8 Å². The van der Waals surface area contributed by atoms with Gasteiger partial charge in [0.05, 0.1) is 10.6 Å². The molecule has 1 aromatic rings. The zero-order chi connectivity index (χ0) is 18.2. The molecule has 3 rings (SSSR count). The van der Waals surface area contributed by atoms with E-state index in [2.05, 4.69) is 14.9 Å². The molecule has 10 heteroatoms. The number of piperazine rings is 1. The van der Waals surface area contributed by atoms with Crippen LogP contribution in [0.3, 0.4) is 0 Å². The van der Waals surface area contributed by atoms with Crippen molar-refractivity contribution >= 4 is 40.0 Å². The monoisotopic (exact) mass is 373 g/mol. The van der Waals surface area contributed by atoms with E-state index >= 15 is 0 Å². The molecule has 1 aromatic heterocycles. The molecule has 6 nitrogen and oxygen atoms in total. The zero-order valence-electron chi connectivity index (χ0n) is 13.2. The van der Waals surface area contributed by atoms with Crippen LogP contribution in [0.1, 0.15) is 11.8 Å². The van der Waals surface area contributed by atoms with Gasteiger partial charge < -0.3 is 14.6 Å². The molecule has 1 fully saturated rings. The Bertz CT molecular complexity index is 762. The molecule has 0 radical (unpaired) electrons. The maximum Gasteiger partial charge on any atom is 0.437 e. The summed E-state index contributed by atoms with van der Waals surface area (Å²) in [6.45, 7) is 4.01. The third-order valence-electron chi connectivity index (χ3n) is 3.90. The second-order valence-electron chi connectivity index (χ2n) is 5.54. The van der Waals surface area contributed by atoms with E-state index in [-0.39, 0.29) is 5.91 Å². The topological polar surface area (TPSA) is 62.2 Å². The molecule has 0 bridgehead atoms. The van der Waals surface area contributed by atoms with Crippen molar-refractivity contribution in [1.82, 2.24) is 4.90 Å². The molecule has 0 saturated carbocycles. The van der Waals surface area contributed by atoms with Gasteiger partial charge in [-0.15, -0.1) is 11.3 Å². The first kappa shape index (κ1) is 17.5. The highest BCUT2D eigenvalue weighted by Crippen LogP contribution is 2.32. The van der Waals surface area contributed by atoms with Gasteiger partial charge in [-0.1, -0.05) is 5.16 Å². The van der Waals surface area contributed by atoms with Gasteiger partial charge in [0.25, 0.3) is 0 Å². The van der Waals surface area contributed by atoms with Crippen molar-refractivity contribution in [3.63, 3.8) is 0 Å². The van der Waals surface area contributed by atoms with E-state index in [0.717, 1.165) is 11.1 Å². The van der Waals surface area contributed by atoms with Gasteiger partial charge in [0, 0.05) is 38.0 Å². The van der Waals surface area contributed by atoms with Gasteiger partial charge >= 0.3 is 12.1 Å². The summed E-state index contributed by atoms with van der Waals surface area (Å²) in [5.41, 5.74) is -1.91. The fraction of sp³-hybridized carbons (Fsp3) is 0.400. The van der Waals surface area contributed by atoms with Gasteiger partial charge in [-0.05, 0) is 18.2 Å². The molecule has 2 aliphatic heterocycles. The summed E-state index contributed by atoms with van der Waals surface area (Å²) in [4.78, 5) is 31.3. The van der Waals surface area contributed by atoms with Crippen molar-refractivity contribution in [2.75, 3.05) is 31.1 Å². The Morgan fingerprint density at radius 3 is 2.56 bits per heavy atom. The highest BCUT2D eigenvalue weighted by Gasteiger charge is 2.45. The summed E-state index contributed by atoms with van der Waals surface area (Å²) in [6, 6.07) is 3.43. The summed E-state index contributed by atoms with van der Waals surface area (Å²) in [5.74, 6) is -1.09. The van der Waals surface area contributed by atoms with E-state index < -0.39 is 23.4 Å².